The van der Waals surface area contributed by atoms with E-state index in [1.54, 1.807) is 36.4 Å². The van der Waals surface area contributed by atoms with E-state index >= 15 is 0 Å². The molecule has 4 heteroatoms. The van der Waals surface area contributed by atoms with Crippen LogP contribution in [-0.4, -0.2) is 11.3 Å². The zero-order chi connectivity index (χ0) is 11.4. The number of hydrogen-bond acceptors (Lipinski definition) is 3. The number of aromatic nitrogens is 1. The Labute approximate surface area is 97.7 Å². The minimum atomic E-state index is 0.420. The molecule has 0 saturated carbocycles. The Morgan fingerprint density at radius 2 is 1.75 bits per heavy atom. The number of ether oxygens (including phenoxy) is 1. The summed E-state index contributed by atoms with van der Waals surface area (Å²) in [5.74, 6) is 1.25. The first-order valence-electron chi connectivity index (χ1n) is 4.62. The van der Waals surface area contributed by atoms with Crippen LogP contribution in [0.1, 0.15) is 10.4 Å². The Bertz CT molecular complexity index is 479. The second-order valence-electron chi connectivity index (χ2n) is 3.11. The van der Waals surface area contributed by atoms with E-state index in [0.717, 1.165) is 6.29 Å². The van der Waals surface area contributed by atoms with Crippen LogP contribution in [0.4, 0.5) is 0 Å². The highest BCUT2D eigenvalue weighted by Gasteiger charge is 1.98. The third kappa shape index (κ3) is 2.58. The monoisotopic (exact) mass is 233 g/mol. The van der Waals surface area contributed by atoms with Gasteiger partial charge in [0.2, 0.25) is 0 Å². The van der Waals surface area contributed by atoms with Crippen molar-refractivity contribution in [1.82, 2.24) is 4.98 Å². The van der Waals surface area contributed by atoms with Crippen molar-refractivity contribution >= 4 is 17.9 Å². The van der Waals surface area contributed by atoms with Crippen LogP contribution in [0.3, 0.4) is 0 Å². The van der Waals surface area contributed by atoms with Crippen LogP contribution in [-0.2, 0) is 0 Å². The largest absolute Gasteiger partial charge is 0.456 e. The second kappa shape index (κ2) is 4.77. The molecule has 2 aromatic rings. The van der Waals surface area contributed by atoms with Crippen LogP contribution >= 0.6 is 11.6 Å². The molecular formula is C12H8ClNO2. The molecule has 0 unspecified atom stereocenters. The highest BCUT2D eigenvalue weighted by Crippen LogP contribution is 2.21. The molecule has 0 atom stereocenters. The molecule has 1 aromatic heterocycles. The van der Waals surface area contributed by atoms with E-state index in [2.05, 4.69) is 4.98 Å². The summed E-state index contributed by atoms with van der Waals surface area (Å²) < 4.78 is 5.50. The summed E-state index contributed by atoms with van der Waals surface area (Å²) in [5, 5.41) is 0.420. The topological polar surface area (TPSA) is 39.2 Å². The number of aldehydes is 1. The third-order valence-corrected chi connectivity index (χ3v) is 2.18. The molecule has 2 rings (SSSR count). The molecule has 1 heterocycles. The SMILES string of the molecule is O=Cc1ccc(Oc2ccc(Cl)nc2)cc1. The standard InChI is InChI=1S/C12H8ClNO2/c13-12-6-5-11(7-14-12)16-10-3-1-9(8-15)2-4-10/h1-8H. The van der Waals surface area contributed by atoms with Crippen LogP contribution < -0.4 is 4.74 Å². The predicted octanol–water partition coefficient (Wildman–Crippen LogP) is 3.34. The van der Waals surface area contributed by atoms with Crippen molar-refractivity contribution < 1.29 is 9.53 Å². The molecule has 0 N–H and O–H groups in total. The summed E-state index contributed by atoms with van der Waals surface area (Å²) in [6, 6.07) is 10.2. The molecule has 0 spiro atoms. The van der Waals surface area contributed by atoms with E-state index in [1.807, 2.05) is 0 Å². The van der Waals surface area contributed by atoms with Crippen LogP contribution in [0, 0.1) is 0 Å². The van der Waals surface area contributed by atoms with E-state index in [-0.39, 0.29) is 0 Å². The van der Waals surface area contributed by atoms with E-state index < -0.39 is 0 Å². The van der Waals surface area contributed by atoms with Gasteiger partial charge < -0.3 is 4.74 Å². The predicted molar refractivity (Wildman–Crippen MR) is 61.2 cm³/mol. The van der Waals surface area contributed by atoms with Gasteiger partial charge in [-0.3, -0.25) is 4.79 Å². The molecule has 0 aliphatic carbocycles. The van der Waals surface area contributed by atoms with Crippen molar-refractivity contribution in [2.24, 2.45) is 0 Å². The van der Waals surface area contributed by atoms with E-state index in [4.69, 9.17) is 16.3 Å². The molecule has 0 fully saturated rings. The van der Waals surface area contributed by atoms with Gasteiger partial charge >= 0.3 is 0 Å². The molecule has 3 nitrogen and oxygen atoms in total. The average Bonchev–Trinajstić information content (AvgIpc) is 2.33. The lowest BCUT2D eigenvalue weighted by molar-refractivity contribution is 0.112. The maximum absolute atomic E-state index is 10.4. The number of nitrogens with zero attached hydrogens (tertiary/aromatic N) is 1. The van der Waals surface area contributed by atoms with Gasteiger partial charge in [0.05, 0.1) is 6.20 Å². The van der Waals surface area contributed by atoms with Gasteiger partial charge in [-0.25, -0.2) is 4.98 Å². The van der Waals surface area contributed by atoms with Crippen molar-refractivity contribution in [2.75, 3.05) is 0 Å². The van der Waals surface area contributed by atoms with Gasteiger partial charge in [-0.15, -0.1) is 0 Å². The van der Waals surface area contributed by atoms with Gasteiger partial charge in [0, 0.05) is 5.56 Å². The van der Waals surface area contributed by atoms with Crippen LogP contribution in [0.25, 0.3) is 0 Å². The normalized spacial score (nSPS) is 9.81. The molecular weight excluding hydrogens is 226 g/mol. The highest BCUT2D eigenvalue weighted by atomic mass is 35.5. The molecule has 0 aliphatic heterocycles. The number of pyridine rings is 1. The first-order chi connectivity index (χ1) is 7.78. The Hall–Kier alpha value is -1.87. The molecule has 0 radical (unpaired) electrons. The van der Waals surface area contributed by atoms with Gasteiger partial charge in [0.25, 0.3) is 0 Å². The summed E-state index contributed by atoms with van der Waals surface area (Å²) in [7, 11) is 0. The number of carbonyl (C=O) groups excluding carboxylic acids is 1. The first kappa shape index (κ1) is 10.6. The van der Waals surface area contributed by atoms with Gasteiger partial charge in [-0.05, 0) is 36.4 Å². The smallest absolute Gasteiger partial charge is 0.150 e. The van der Waals surface area contributed by atoms with Gasteiger partial charge in [-0.2, -0.15) is 0 Å². The minimum Gasteiger partial charge on any atom is -0.456 e. The number of rotatable bonds is 3. The van der Waals surface area contributed by atoms with Crippen molar-refractivity contribution in [3.63, 3.8) is 0 Å². The molecule has 80 valence electrons. The van der Waals surface area contributed by atoms with Crippen LogP contribution in [0.5, 0.6) is 11.5 Å². The van der Waals surface area contributed by atoms with Crippen molar-refractivity contribution in [1.29, 1.82) is 0 Å². The maximum atomic E-state index is 10.4. The molecule has 0 aliphatic rings. The minimum absolute atomic E-state index is 0.420. The maximum Gasteiger partial charge on any atom is 0.150 e. The average molecular weight is 234 g/mol. The quantitative estimate of drug-likeness (QED) is 0.603. The Balaban J connectivity index is 2.14. The Kier molecular flexibility index (Phi) is 3.17. The van der Waals surface area contributed by atoms with Crippen molar-refractivity contribution in [3.8, 4) is 11.5 Å². The second-order valence-corrected chi connectivity index (χ2v) is 3.49. The zero-order valence-electron chi connectivity index (χ0n) is 8.26. The third-order valence-electron chi connectivity index (χ3n) is 1.95. The molecule has 0 saturated heterocycles. The van der Waals surface area contributed by atoms with Gasteiger partial charge in [0.1, 0.15) is 22.9 Å². The summed E-state index contributed by atoms with van der Waals surface area (Å²) >= 11 is 5.65. The fourth-order valence-corrected chi connectivity index (χ4v) is 1.28. The lowest BCUT2D eigenvalue weighted by Gasteiger charge is -2.04. The van der Waals surface area contributed by atoms with E-state index in [9.17, 15) is 4.79 Å². The number of halogens is 1. The van der Waals surface area contributed by atoms with Crippen molar-refractivity contribution in [3.05, 3.63) is 53.3 Å². The summed E-state index contributed by atoms with van der Waals surface area (Å²) in [5.41, 5.74) is 0.613. The lowest BCUT2D eigenvalue weighted by atomic mass is 10.2. The Morgan fingerprint density at radius 3 is 2.31 bits per heavy atom. The van der Waals surface area contributed by atoms with Crippen LogP contribution in [0.2, 0.25) is 5.15 Å². The Morgan fingerprint density at radius 1 is 1.06 bits per heavy atom. The van der Waals surface area contributed by atoms with Gasteiger partial charge in [-0.1, -0.05) is 11.6 Å². The summed E-state index contributed by atoms with van der Waals surface area (Å²) in [6.45, 7) is 0. The lowest BCUT2D eigenvalue weighted by Crippen LogP contribution is -1.86. The van der Waals surface area contributed by atoms with E-state index in [0.29, 0.717) is 22.2 Å². The molecule has 1 aromatic carbocycles. The number of hydrogen-bond donors (Lipinski definition) is 0. The molecule has 0 bridgehead atoms. The van der Waals surface area contributed by atoms with Gasteiger partial charge in [0.15, 0.2) is 0 Å². The number of benzene rings is 1. The first-order valence-corrected chi connectivity index (χ1v) is 5.00. The molecule has 0 amide bonds. The fraction of sp³-hybridized carbons (Fsp3) is 0. The summed E-state index contributed by atoms with van der Waals surface area (Å²) in [6.07, 6.45) is 2.32. The van der Waals surface area contributed by atoms with Crippen molar-refractivity contribution in [2.45, 2.75) is 0 Å². The fourth-order valence-electron chi connectivity index (χ4n) is 1.17. The van der Waals surface area contributed by atoms with E-state index in [1.165, 1.54) is 6.20 Å². The number of carbonyl (C=O) groups is 1. The van der Waals surface area contributed by atoms with Crippen LogP contribution in [0.15, 0.2) is 42.6 Å². The zero-order valence-corrected chi connectivity index (χ0v) is 9.02. The summed E-state index contributed by atoms with van der Waals surface area (Å²) in [4.78, 5) is 14.3. The highest BCUT2D eigenvalue weighted by molar-refractivity contribution is 6.29. The molecule has 16 heavy (non-hydrogen) atoms.